The van der Waals surface area contributed by atoms with Gasteiger partial charge in [0.1, 0.15) is 17.2 Å². The van der Waals surface area contributed by atoms with Crippen LogP contribution >= 0.6 is 0 Å². The van der Waals surface area contributed by atoms with Crippen molar-refractivity contribution in [3.63, 3.8) is 0 Å². The third kappa shape index (κ3) is 8.54. The Balaban J connectivity index is 0.00000420. The van der Waals surface area contributed by atoms with Gasteiger partial charge in [-0.25, -0.2) is 19.5 Å². The predicted molar refractivity (Wildman–Crippen MR) is 155 cm³/mol. The Hall–Kier alpha value is -3.41. The molecule has 2 amide bonds. The quantitative estimate of drug-likeness (QED) is 0.357. The summed E-state index contributed by atoms with van der Waals surface area (Å²) in [6, 6.07) is 7.73. The molecule has 1 saturated heterocycles. The molecule has 11 nitrogen and oxygen atoms in total. The molecular weight excluding hydrogens is 520 g/mol. The number of anilines is 2. The molecule has 39 heavy (non-hydrogen) atoms. The van der Waals surface area contributed by atoms with Crippen molar-refractivity contribution in [2.24, 2.45) is 5.92 Å². The number of aromatic nitrogens is 2. The molecule has 0 saturated carbocycles. The van der Waals surface area contributed by atoms with Gasteiger partial charge in [0.25, 0.3) is 15.9 Å². The Morgan fingerprint density at radius 1 is 1.15 bits per heavy atom. The van der Waals surface area contributed by atoms with E-state index in [1.165, 1.54) is 6.07 Å². The molecule has 218 valence electrons. The molecule has 0 aliphatic carbocycles. The Morgan fingerprint density at radius 3 is 2.54 bits per heavy atom. The van der Waals surface area contributed by atoms with Crippen molar-refractivity contribution in [1.82, 2.24) is 20.0 Å². The first-order valence-electron chi connectivity index (χ1n) is 13.2. The number of nitrogens with zero attached hydrogens (tertiary/aromatic N) is 3. The van der Waals surface area contributed by atoms with Crippen LogP contribution in [-0.4, -0.2) is 61.2 Å². The van der Waals surface area contributed by atoms with Crippen molar-refractivity contribution >= 4 is 33.7 Å². The molecule has 0 bridgehead atoms. The van der Waals surface area contributed by atoms with Crippen molar-refractivity contribution < 1.29 is 25.6 Å². The van der Waals surface area contributed by atoms with Gasteiger partial charge in [-0.1, -0.05) is 13.0 Å². The van der Waals surface area contributed by atoms with Crippen LogP contribution in [0.4, 0.5) is 16.4 Å². The zero-order valence-corrected chi connectivity index (χ0v) is 24.4. The Bertz CT molecular complexity index is 1290. The minimum absolute atomic E-state index is 0. The summed E-state index contributed by atoms with van der Waals surface area (Å²) in [5.41, 5.74) is -0.571. The fraction of sp³-hybridized carbons (Fsp3) is 0.556. The molecule has 12 heteroatoms. The van der Waals surface area contributed by atoms with Crippen LogP contribution < -0.4 is 20.3 Å². The van der Waals surface area contributed by atoms with E-state index in [9.17, 15) is 18.0 Å². The van der Waals surface area contributed by atoms with E-state index in [2.05, 4.69) is 51.0 Å². The highest BCUT2D eigenvalue weighted by molar-refractivity contribution is 7.90. The lowest BCUT2D eigenvalue weighted by atomic mass is 9.97. The lowest BCUT2D eigenvalue weighted by Crippen LogP contribution is -2.41. The first-order valence-corrected chi connectivity index (χ1v) is 14.6. The number of rotatable bonds is 10. The SMILES string of the molecule is CC1CN(c2ncccc2C(=O)NS(=O)(=O)c2cccc(NCCCCNC(=O)OC(C)(C)C)n2)C(C)(C)C1.[HH].[HH]. The molecule has 1 unspecified atom stereocenters. The summed E-state index contributed by atoms with van der Waals surface area (Å²) in [7, 11) is -4.23. The lowest BCUT2D eigenvalue weighted by molar-refractivity contribution is 0.0527. The van der Waals surface area contributed by atoms with Gasteiger partial charge in [0, 0.05) is 34.2 Å². The van der Waals surface area contributed by atoms with Crippen LogP contribution in [0, 0.1) is 5.92 Å². The fourth-order valence-corrected chi connectivity index (χ4v) is 5.55. The van der Waals surface area contributed by atoms with Gasteiger partial charge in [0.15, 0.2) is 5.03 Å². The number of sulfonamides is 1. The van der Waals surface area contributed by atoms with Crippen LogP contribution in [0.15, 0.2) is 41.6 Å². The molecule has 2 aromatic heterocycles. The zero-order valence-electron chi connectivity index (χ0n) is 23.6. The number of hydrogen-bond acceptors (Lipinski definition) is 9. The molecule has 1 aliphatic heterocycles. The Labute approximate surface area is 234 Å². The normalized spacial score (nSPS) is 17.0. The molecule has 1 fully saturated rings. The Morgan fingerprint density at radius 2 is 1.87 bits per heavy atom. The van der Waals surface area contributed by atoms with Gasteiger partial charge in [-0.2, -0.15) is 8.42 Å². The number of nitrogens with one attached hydrogen (secondary N) is 3. The van der Waals surface area contributed by atoms with Crippen LogP contribution in [0.25, 0.3) is 0 Å². The van der Waals surface area contributed by atoms with Gasteiger partial charge in [-0.3, -0.25) is 4.79 Å². The second kappa shape index (κ2) is 12.2. The first-order chi connectivity index (χ1) is 18.2. The van der Waals surface area contributed by atoms with Crippen LogP contribution in [0.2, 0.25) is 0 Å². The summed E-state index contributed by atoms with van der Waals surface area (Å²) >= 11 is 0. The standard InChI is InChI=1S/C27H40N6O5S.2H2/c1-19-17-27(5,6)33(18-19)23-20(11-10-16-29-23)24(34)32-39(36,37)22-13-9-12-21(31-22)28-14-7-8-15-30-25(35)38-26(2,3)4;;/h9-13,16,19H,7-8,14-15,17-18H2,1-6H3,(H,28,31)(H,30,35)(H,32,34);2*1H. The smallest absolute Gasteiger partial charge is 0.407 e. The third-order valence-electron chi connectivity index (χ3n) is 6.16. The van der Waals surface area contributed by atoms with E-state index in [0.29, 0.717) is 43.5 Å². The minimum atomic E-state index is -4.23. The Kier molecular flexibility index (Phi) is 9.42. The summed E-state index contributed by atoms with van der Waals surface area (Å²) in [5, 5.41) is 5.50. The first kappa shape index (κ1) is 30.1. The van der Waals surface area contributed by atoms with Gasteiger partial charge < -0.3 is 20.3 Å². The lowest BCUT2D eigenvalue weighted by Gasteiger charge is -2.33. The number of amides is 2. The summed E-state index contributed by atoms with van der Waals surface area (Å²) in [6.45, 7) is 13.4. The molecule has 3 rings (SSSR count). The maximum absolute atomic E-state index is 13.1. The highest BCUT2D eigenvalue weighted by Gasteiger charge is 2.39. The number of hydrogen-bond donors (Lipinski definition) is 3. The highest BCUT2D eigenvalue weighted by atomic mass is 32.2. The number of unbranched alkanes of at least 4 members (excludes halogenated alkanes) is 1. The van der Waals surface area contributed by atoms with E-state index in [0.717, 1.165) is 13.0 Å². The van der Waals surface area contributed by atoms with E-state index < -0.39 is 27.6 Å². The molecule has 0 radical (unpaired) electrons. The second-order valence-corrected chi connectivity index (χ2v) is 13.1. The van der Waals surface area contributed by atoms with Gasteiger partial charge in [-0.05, 0) is 84.1 Å². The predicted octanol–water partition coefficient (Wildman–Crippen LogP) is 4.43. The van der Waals surface area contributed by atoms with E-state index in [1.54, 1.807) is 51.2 Å². The van der Waals surface area contributed by atoms with Crippen molar-refractivity contribution in [3.05, 3.63) is 42.1 Å². The molecule has 0 aromatic carbocycles. The van der Waals surface area contributed by atoms with Crippen molar-refractivity contribution in [3.8, 4) is 0 Å². The second-order valence-electron chi connectivity index (χ2n) is 11.5. The molecule has 1 aliphatic rings. The summed E-state index contributed by atoms with van der Waals surface area (Å²) in [4.78, 5) is 35.5. The van der Waals surface area contributed by atoms with E-state index >= 15 is 0 Å². The van der Waals surface area contributed by atoms with E-state index in [4.69, 9.17) is 4.74 Å². The van der Waals surface area contributed by atoms with Crippen LogP contribution in [0.3, 0.4) is 0 Å². The van der Waals surface area contributed by atoms with Crippen molar-refractivity contribution in [2.45, 2.75) is 77.0 Å². The fourth-order valence-electron chi connectivity index (χ4n) is 4.61. The van der Waals surface area contributed by atoms with Crippen LogP contribution in [0.1, 0.15) is 74.0 Å². The van der Waals surface area contributed by atoms with E-state index in [1.807, 2.05) is 0 Å². The monoisotopic (exact) mass is 564 g/mol. The largest absolute Gasteiger partial charge is 0.444 e. The van der Waals surface area contributed by atoms with E-state index in [-0.39, 0.29) is 19.0 Å². The molecule has 3 N–H and O–H groups in total. The van der Waals surface area contributed by atoms with Gasteiger partial charge in [0.05, 0.1) is 5.56 Å². The molecule has 0 spiro atoms. The van der Waals surface area contributed by atoms with Gasteiger partial charge in [0.2, 0.25) is 0 Å². The summed E-state index contributed by atoms with van der Waals surface area (Å²) in [6.07, 6.45) is 3.48. The number of carbonyl (C=O) groups is 2. The topological polar surface area (TPSA) is 143 Å². The summed E-state index contributed by atoms with van der Waals surface area (Å²) < 4.78 is 33.4. The molecule has 2 aromatic rings. The molecule has 3 heterocycles. The van der Waals surface area contributed by atoms with Crippen LogP contribution in [-0.2, 0) is 14.8 Å². The summed E-state index contributed by atoms with van der Waals surface area (Å²) in [5.74, 6) is 0.484. The van der Waals surface area contributed by atoms with Gasteiger partial charge >= 0.3 is 6.09 Å². The van der Waals surface area contributed by atoms with Crippen molar-refractivity contribution in [2.75, 3.05) is 29.9 Å². The third-order valence-corrected chi connectivity index (χ3v) is 7.40. The molecule has 1 atom stereocenters. The number of ether oxygens (including phenoxy) is 1. The average Bonchev–Trinajstić information content (AvgIpc) is 3.11. The maximum Gasteiger partial charge on any atom is 0.407 e. The number of carbonyl (C=O) groups excluding carboxylic acids is 2. The number of alkyl carbamates (subject to hydrolysis) is 1. The van der Waals surface area contributed by atoms with Crippen LogP contribution in [0.5, 0.6) is 0 Å². The highest BCUT2D eigenvalue weighted by Crippen LogP contribution is 2.37. The van der Waals surface area contributed by atoms with Gasteiger partial charge in [-0.15, -0.1) is 0 Å². The van der Waals surface area contributed by atoms with Crippen molar-refractivity contribution in [1.29, 1.82) is 0 Å². The minimum Gasteiger partial charge on any atom is -0.444 e. The average molecular weight is 565 g/mol. The zero-order chi connectivity index (χ0) is 28.8. The number of pyridine rings is 2. The molecular formula is C27H44N6O5S. The maximum atomic E-state index is 13.1.